The van der Waals surface area contributed by atoms with Gasteiger partial charge in [-0.2, -0.15) is 0 Å². The summed E-state index contributed by atoms with van der Waals surface area (Å²) in [5.41, 5.74) is 0. The molecule has 0 saturated carbocycles. The van der Waals surface area contributed by atoms with Gasteiger partial charge >= 0.3 is 10.8 Å². The van der Waals surface area contributed by atoms with Crippen molar-refractivity contribution < 1.29 is 24.8 Å². The van der Waals surface area contributed by atoms with E-state index < -0.39 is 10.8 Å². The van der Waals surface area contributed by atoms with E-state index in [9.17, 15) is 0 Å². The van der Waals surface area contributed by atoms with Crippen molar-refractivity contribution in [2.24, 2.45) is 0 Å². The van der Waals surface area contributed by atoms with Gasteiger partial charge in [0.2, 0.25) is 0 Å². The minimum absolute atomic E-state index is 2.85. The predicted octanol–water partition coefficient (Wildman–Crippen LogP) is -2.50. The highest BCUT2D eigenvalue weighted by molar-refractivity contribution is 1.89. The average molecular weight is 83.5 g/mol. The summed E-state index contributed by atoms with van der Waals surface area (Å²) in [6.07, 6.45) is 0. The van der Waals surface area contributed by atoms with Crippen LogP contribution in [0.25, 0.3) is 0 Å². The molecule has 0 aliphatic rings. The van der Waals surface area contributed by atoms with Gasteiger partial charge in [-0.25, -0.2) is 0 Å². The molecule has 0 rings (SSSR count). The third kappa shape index (κ3) is 103. The second kappa shape index (κ2) is 1.49. The average Bonchev–Trinajstić information content (AvgIpc) is 0.811. The first-order valence-electron chi connectivity index (χ1n) is 0.463. The molecule has 0 heterocycles. The van der Waals surface area contributed by atoms with Gasteiger partial charge in [-0.3, -0.25) is 0 Å². The molecule has 0 N–H and O–H groups in total. The van der Waals surface area contributed by atoms with Crippen LogP contribution in [0.5, 0.6) is 0 Å². The third-order valence-corrected chi connectivity index (χ3v) is 0. The normalized spacial score (nSPS) is 9.00. The van der Waals surface area contributed by atoms with Crippen LogP contribution < -0.4 is 9.32 Å². The Kier molecular flexibility index (Phi) is 1.55. The Hall–Kier alpha value is 0.170. The Morgan fingerprint density at radius 2 is 1.50 bits per heavy atom. The second-order valence-electron chi connectivity index (χ2n) is 0.189. The van der Waals surface area contributed by atoms with Crippen molar-refractivity contribution in [3.63, 3.8) is 0 Å². The summed E-state index contributed by atoms with van der Waals surface area (Å²) in [6, 6.07) is 0. The van der Waals surface area contributed by atoms with Crippen molar-refractivity contribution in [1.82, 2.24) is 0 Å². The van der Waals surface area contributed by atoms with Gasteiger partial charge in [-0.1, -0.05) is 0 Å². The summed E-state index contributed by atoms with van der Waals surface area (Å²) < 4.78 is 25.2. The number of hydrogen-bond acceptors (Lipinski definition) is 2. The molecule has 0 aromatic heterocycles. The van der Waals surface area contributed by atoms with Crippen LogP contribution in [0.15, 0.2) is 0 Å². The molecule has 1 radical (unpaired) electrons. The maximum atomic E-state index is 8.41. The van der Waals surface area contributed by atoms with Gasteiger partial charge in [0.25, 0.3) is 4.66 Å². The summed E-state index contributed by atoms with van der Waals surface area (Å²) in [4.78, 5) is 0. The van der Waals surface area contributed by atoms with E-state index in [-0.39, 0.29) is 0 Å². The monoisotopic (exact) mass is 83.0 g/mol. The van der Waals surface area contributed by atoms with E-state index in [1.807, 2.05) is 0 Å². The Balaban J connectivity index is 2.32. The molecular formula is ClO3. The summed E-state index contributed by atoms with van der Waals surface area (Å²) in [5.74, 6) is 0. The van der Waals surface area contributed by atoms with E-state index >= 15 is 0 Å². The van der Waals surface area contributed by atoms with Crippen LogP contribution in [0, 0.1) is 10.8 Å². The van der Waals surface area contributed by atoms with Gasteiger partial charge < -0.3 is 9.32 Å². The molecule has 0 aliphatic carbocycles. The third-order valence-electron chi connectivity index (χ3n) is 0. The summed E-state index contributed by atoms with van der Waals surface area (Å²) in [5, 5.41) is 0. The summed E-state index contributed by atoms with van der Waals surface area (Å²) in [6.45, 7) is 0. The Morgan fingerprint density at radius 3 is 1.50 bits per heavy atom. The van der Waals surface area contributed by atoms with Crippen LogP contribution in [-0.4, -0.2) is 0 Å². The zero-order valence-corrected chi connectivity index (χ0v) is 2.36. The maximum absolute atomic E-state index is 8.41. The molecular weight excluding hydrogens is 83.5 g/mol. The van der Waals surface area contributed by atoms with Crippen LogP contribution >= 0.6 is 0 Å². The number of rotatable bonds is 0. The second-order valence-corrected chi connectivity index (χ2v) is 0.567. The van der Waals surface area contributed by atoms with Crippen molar-refractivity contribution in [3.8, 4) is 0 Å². The minimum atomic E-state index is -2.85. The first-order valence-corrected chi connectivity index (χ1v) is 1.39. The molecule has 0 spiro atoms. The molecule has 0 saturated heterocycles. The first-order chi connectivity index (χ1) is 1.73. The number of hydrogen-bond donors (Lipinski definition) is 0. The fourth-order valence-corrected chi connectivity index (χ4v) is 0. The van der Waals surface area contributed by atoms with Crippen molar-refractivity contribution in [1.29, 1.82) is 0 Å². The largest absolute Gasteiger partial charge is 0.339 e. The highest BCUT2D eigenvalue weighted by Crippen LogP contribution is 1.42. The molecule has 3 nitrogen and oxygen atoms in total. The Bertz CT molecular complexity index is 8.00. The van der Waals surface area contributed by atoms with Gasteiger partial charge in [0.15, 0.2) is 0 Å². The highest BCUT2D eigenvalue weighted by Gasteiger charge is 1.88. The molecule has 0 aliphatic heterocycles. The predicted molar refractivity (Wildman–Crippen MR) is 0.686 cm³/mol. The van der Waals surface area contributed by atoms with E-state index in [1.54, 1.807) is 0 Å². The fraction of sp³-hybridized carbons (Fsp3) is 0. The minimum Gasteiger partial charge on any atom is -0.317 e. The Labute approximate surface area is 25.9 Å². The van der Waals surface area contributed by atoms with E-state index in [0.717, 1.165) is 0 Å². The zero-order chi connectivity index (χ0) is 3.58. The van der Waals surface area contributed by atoms with E-state index in [0.29, 0.717) is 0 Å². The fourth-order valence-electron chi connectivity index (χ4n) is 0. The Morgan fingerprint density at radius 1 is 1.50 bits per heavy atom. The lowest BCUT2D eigenvalue weighted by atomic mass is 15.8. The van der Waals surface area contributed by atoms with E-state index in [4.69, 9.17) is 14.0 Å². The van der Waals surface area contributed by atoms with Gasteiger partial charge in [-0.15, -0.1) is 0 Å². The number of halogens is 1. The lowest BCUT2D eigenvalue weighted by molar-refractivity contribution is -1.64. The van der Waals surface area contributed by atoms with Crippen LogP contribution in [-0.2, 0) is 4.66 Å². The molecule has 25 valence electrons. The van der Waals surface area contributed by atoms with Crippen molar-refractivity contribution >= 4 is 0 Å². The quantitative estimate of drug-likeness (QED) is 0.325. The van der Waals surface area contributed by atoms with E-state index in [2.05, 4.69) is 0 Å². The lowest BCUT2D eigenvalue weighted by Crippen LogP contribution is -2.28. The molecule has 0 aromatic rings. The molecule has 0 amide bonds. The van der Waals surface area contributed by atoms with Gasteiger partial charge in [0, 0.05) is 0 Å². The molecule has 0 atom stereocenters. The van der Waals surface area contributed by atoms with Crippen molar-refractivity contribution in [2.75, 3.05) is 0 Å². The molecule has 0 bridgehead atoms. The summed E-state index contributed by atoms with van der Waals surface area (Å²) >= 11 is 0. The van der Waals surface area contributed by atoms with Crippen molar-refractivity contribution in [2.45, 2.75) is 0 Å². The highest BCUT2D eigenvalue weighted by atomic mass is 35.6. The van der Waals surface area contributed by atoms with Gasteiger partial charge in [-0.05, 0) is 0 Å². The molecule has 0 aromatic carbocycles. The van der Waals surface area contributed by atoms with Crippen LogP contribution in [0.1, 0.15) is 0 Å². The first kappa shape index (κ1) is 4.17. The van der Waals surface area contributed by atoms with E-state index in [1.165, 1.54) is 0 Å². The SMILES string of the molecule is [O][Cl+2]([O-])[O-]. The molecule has 0 fully saturated rings. The maximum Gasteiger partial charge on any atom is 0.339 e. The van der Waals surface area contributed by atoms with Gasteiger partial charge in [0.1, 0.15) is 0 Å². The van der Waals surface area contributed by atoms with Gasteiger partial charge in [0.05, 0.1) is 0 Å². The topological polar surface area (TPSA) is 66.0 Å². The van der Waals surface area contributed by atoms with Crippen LogP contribution in [0.2, 0.25) is 0 Å². The molecule has 0 unspecified atom stereocenters. The standard InChI is InChI=1S/ClO3/c2-1(3)4. The summed E-state index contributed by atoms with van der Waals surface area (Å²) in [7, 11) is -2.85. The van der Waals surface area contributed by atoms with Crippen molar-refractivity contribution in [3.05, 3.63) is 0 Å². The van der Waals surface area contributed by atoms with Crippen LogP contribution in [0.4, 0.5) is 0 Å². The zero-order valence-electron chi connectivity index (χ0n) is 1.60. The van der Waals surface area contributed by atoms with Crippen LogP contribution in [0.3, 0.4) is 0 Å². The lowest BCUT2D eigenvalue weighted by Gasteiger charge is -1.66. The molecule has 4 heavy (non-hydrogen) atoms. The smallest absolute Gasteiger partial charge is 0.317 e. The molecule has 4 heteroatoms.